The number of aromatic nitrogens is 1. The highest BCUT2D eigenvalue weighted by molar-refractivity contribution is 5.79. The lowest BCUT2D eigenvalue weighted by molar-refractivity contribution is 0.169. The third kappa shape index (κ3) is 5.04. The molecular weight excluding hydrogens is 266 g/mol. The zero-order chi connectivity index (χ0) is 14.9. The molecule has 1 aliphatic rings. The van der Waals surface area contributed by atoms with Crippen LogP contribution in [0, 0.1) is 0 Å². The predicted molar refractivity (Wildman–Crippen MR) is 84.2 cm³/mol. The molecule has 6 heteroatoms. The summed E-state index contributed by atoms with van der Waals surface area (Å²) in [6, 6.07) is 1.93. The number of aliphatic imine (C=N–C) groups is 1. The summed E-state index contributed by atoms with van der Waals surface area (Å²) in [5.74, 6) is 1.03. The number of nitrogens with zero attached hydrogens (tertiary/aromatic N) is 4. The Bertz CT molecular complexity index is 410. The highest BCUT2D eigenvalue weighted by Crippen LogP contribution is 2.07. The third-order valence-corrected chi connectivity index (χ3v) is 3.82. The van der Waals surface area contributed by atoms with Crippen molar-refractivity contribution < 1.29 is 4.52 Å². The van der Waals surface area contributed by atoms with E-state index in [1.807, 2.05) is 13.1 Å². The van der Waals surface area contributed by atoms with Crippen LogP contribution >= 0.6 is 0 Å². The van der Waals surface area contributed by atoms with Crippen LogP contribution < -0.4 is 5.32 Å². The molecule has 0 bridgehead atoms. The van der Waals surface area contributed by atoms with Gasteiger partial charge in [0.1, 0.15) is 6.26 Å². The molecule has 1 fully saturated rings. The summed E-state index contributed by atoms with van der Waals surface area (Å²) in [6.45, 7) is 8.18. The van der Waals surface area contributed by atoms with Gasteiger partial charge in [-0.25, -0.2) is 0 Å². The molecule has 1 saturated heterocycles. The number of guanidine groups is 1. The summed E-state index contributed by atoms with van der Waals surface area (Å²) < 4.78 is 4.88. The maximum Gasteiger partial charge on any atom is 0.193 e. The lowest BCUT2D eigenvalue weighted by atomic mass is 10.2. The lowest BCUT2D eigenvalue weighted by Gasteiger charge is -2.36. The molecule has 0 aliphatic carbocycles. The Hall–Kier alpha value is -1.56. The summed E-state index contributed by atoms with van der Waals surface area (Å²) in [5.41, 5.74) is 1.01. The molecule has 0 atom stereocenters. The molecule has 2 rings (SSSR count). The van der Waals surface area contributed by atoms with Gasteiger partial charge in [-0.2, -0.15) is 0 Å². The second-order valence-electron chi connectivity index (χ2n) is 5.44. The van der Waals surface area contributed by atoms with E-state index in [1.54, 1.807) is 6.26 Å². The van der Waals surface area contributed by atoms with E-state index in [0.717, 1.165) is 50.9 Å². The molecule has 6 nitrogen and oxygen atoms in total. The quantitative estimate of drug-likeness (QED) is 0.490. The molecule has 2 heterocycles. The van der Waals surface area contributed by atoms with Gasteiger partial charge < -0.3 is 14.7 Å². The predicted octanol–water partition coefficient (Wildman–Crippen LogP) is 1.56. The average Bonchev–Trinajstić information content (AvgIpc) is 3.02. The van der Waals surface area contributed by atoms with Crippen LogP contribution in [-0.4, -0.2) is 60.7 Å². The minimum atomic E-state index is 0.868. The van der Waals surface area contributed by atoms with Crippen molar-refractivity contribution in [2.24, 2.45) is 4.99 Å². The molecule has 21 heavy (non-hydrogen) atoms. The van der Waals surface area contributed by atoms with Crippen LogP contribution in [0.3, 0.4) is 0 Å². The Morgan fingerprint density at radius 3 is 2.76 bits per heavy atom. The standard InChI is InChI=1S/C15H27N5O/c1-3-4-5-7-17-15(16-2)20-10-8-19(9-11-20)13-14-6-12-21-18-14/h6,12H,3-5,7-11,13H2,1-2H3,(H,16,17). The van der Waals surface area contributed by atoms with Crippen molar-refractivity contribution in [2.45, 2.75) is 32.7 Å². The molecule has 1 aliphatic heterocycles. The number of unbranched alkanes of at least 4 members (excludes halogenated alkanes) is 2. The Balaban J connectivity index is 1.71. The smallest absolute Gasteiger partial charge is 0.193 e. The second-order valence-corrected chi connectivity index (χ2v) is 5.44. The molecule has 0 aromatic carbocycles. The number of rotatable bonds is 6. The van der Waals surface area contributed by atoms with Gasteiger partial charge in [0, 0.05) is 52.4 Å². The molecule has 0 unspecified atom stereocenters. The maximum atomic E-state index is 4.88. The van der Waals surface area contributed by atoms with E-state index < -0.39 is 0 Å². The van der Waals surface area contributed by atoms with Crippen molar-refractivity contribution in [3.05, 3.63) is 18.0 Å². The largest absolute Gasteiger partial charge is 0.364 e. The van der Waals surface area contributed by atoms with E-state index in [0.29, 0.717) is 0 Å². The summed E-state index contributed by atoms with van der Waals surface area (Å²) in [4.78, 5) is 9.14. The molecule has 1 aromatic rings. The molecule has 1 aromatic heterocycles. The Morgan fingerprint density at radius 1 is 1.33 bits per heavy atom. The molecule has 0 amide bonds. The van der Waals surface area contributed by atoms with Crippen molar-refractivity contribution in [2.75, 3.05) is 39.8 Å². The number of nitrogens with one attached hydrogen (secondary N) is 1. The van der Waals surface area contributed by atoms with E-state index in [4.69, 9.17) is 4.52 Å². The minimum Gasteiger partial charge on any atom is -0.364 e. The van der Waals surface area contributed by atoms with Crippen LogP contribution in [0.25, 0.3) is 0 Å². The third-order valence-electron chi connectivity index (χ3n) is 3.82. The molecule has 0 radical (unpaired) electrons. The fourth-order valence-corrected chi connectivity index (χ4v) is 2.57. The first kappa shape index (κ1) is 15.8. The van der Waals surface area contributed by atoms with Gasteiger partial charge in [-0.05, 0) is 6.42 Å². The van der Waals surface area contributed by atoms with Gasteiger partial charge in [-0.3, -0.25) is 9.89 Å². The van der Waals surface area contributed by atoms with Crippen LogP contribution in [0.5, 0.6) is 0 Å². The number of hydrogen-bond acceptors (Lipinski definition) is 4. The second kappa shape index (κ2) is 8.67. The minimum absolute atomic E-state index is 0.868. The Morgan fingerprint density at radius 2 is 2.14 bits per heavy atom. The van der Waals surface area contributed by atoms with E-state index in [1.165, 1.54) is 19.3 Å². The van der Waals surface area contributed by atoms with Crippen molar-refractivity contribution in [3.8, 4) is 0 Å². The fraction of sp³-hybridized carbons (Fsp3) is 0.733. The Labute approximate surface area is 127 Å². The van der Waals surface area contributed by atoms with Gasteiger partial charge in [-0.15, -0.1) is 0 Å². The summed E-state index contributed by atoms with van der Waals surface area (Å²) in [5, 5.41) is 7.44. The normalized spacial score (nSPS) is 17.2. The first-order valence-electron chi connectivity index (χ1n) is 7.90. The van der Waals surface area contributed by atoms with Gasteiger partial charge in [-0.1, -0.05) is 24.9 Å². The van der Waals surface area contributed by atoms with E-state index >= 15 is 0 Å². The van der Waals surface area contributed by atoms with Crippen LogP contribution in [-0.2, 0) is 6.54 Å². The van der Waals surface area contributed by atoms with Crippen molar-refractivity contribution in [3.63, 3.8) is 0 Å². The summed E-state index contributed by atoms with van der Waals surface area (Å²) in [7, 11) is 1.87. The lowest BCUT2D eigenvalue weighted by Crippen LogP contribution is -2.52. The zero-order valence-corrected chi connectivity index (χ0v) is 13.2. The van der Waals surface area contributed by atoms with Gasteiger partial charge >= 0.3 is 0 Å². The highest BCUT2D eigenvalue weighted by Gasteiger charge is 2.19. The van der Waals surface area contributed by atoms with Gasteiger partial charge in [0.25, 0.3) is 0 Å². The van der Waals surface area contributed by atoms with Crippen molar-refractivity contribution in [1.29, 1.82) is 0 Å². The van der Waals surface area contributed by atoms with E-state index in [-0.39, 0.29) is 0 Å². The van der Waals surface area contributed by atoms with E-state index in [2.05, 4.69) is 32.2 Å². The van der Waals surface area contributed by atoms with Crippen LogP contribution in [0.4, 0.5) is 0 Å². The van der Waals surface area contributed by atoms with Crippen LogP contribution in [0.15, 0.2) is 21.8 Å². The molecule has 0 spiro atoms. The van der Waals surface area contributed by atoms with Crippen LogP contribution in [0.1, 0.15) is 31.9 Å². The highest BCUT2D eigenvalue weighted by atomic mass is 16.5. The number of hydrogen-bond donors (Lipinski definition) is 1. The molecule has 1 N–H and O–H groups in total. The van der Waals surface area contributed by atoms with Gasteiger partial charge in [0.15, 0.2) is 5.96 Å². The first-order valence-corrected chi connectivity index (χ1v) is 7.90. The van der Waals surface area contributed by atoms with E-state index in [9.17, 15) is 0 Å². The Kier molecular flexibility index (Phi) is 6.53. The van der Waals surface area contributed by atoms with Gasteiger partial charge in [0.2, 0.25) is 0 Å². The first-order chi connectivity index (χ1) is 10.3. The van der Waals surface area contributed by atoms with Crippen molar-refractivity contribution >= 4 is 5.96 Å². The van der Waals surface area contributed by atoms with Crippen LogP contribution in [0.2, 0.25) is 0 Å². The molecular formula is C15H27N5O. The van der Waals surface area contributed by atoms with Gasteiger partial charge in [0.05, 0.1) is 5.69 Å². The monoisotopic (exact) mass is 293 g/mol. The topological polar surface area (TPSA) is 56.9 Å². The summed E-state index contributed by atoms with van der Waals surface area (Å²) >= 11 is 0. The zero-order valence-electron chi connectivity index (χ0n) is 13.2. The summed E-state index contributed by atoms with van der Waals surface area (Å²) in [6.07, 6.45) is 5.37. The van der Waals surface area contributed by atoms with Crippen molar-refractivity contribution in [1.82, 2.24) is 20.3 Å². The molecule has 0 saturated carbocycles. The SMILES string of the molecule is CCCCCNC(=NC)N1CCN(Cc2ccon2)CC1. The molecule has 118 valence electrons. The average molecular weight is 293 g/mol. The fourth-order valence-electron chi connectivity index (χ4n) is 2.57. The number of piperazine rings is 1. The maximum absolute atomic E-state index is 4.88.